The van der Waals surface area contributed by atoms with E-state index in [0.29, 0.717) is 5.69 Å². The Bertz CT molecular complexity index is 911. The first-order valence-electron chi connectivity index (χ1n) is 6.54. The zero-order valence-electron chi connectivity index (χ0n) is 12.4. The Morgan fingerprint density at radius 3 is 2.08 bits per heavy atom. The molecule has 0 bridgehead atoms. The van der Waals surface area contributed by atoms with Crippen LogP contribution >= 0.6 is 0 Å². The van der Waals surface area contributed by atoms with Gasteiger partial charge in [-0.2, -0.15) is 8.42 Å². The summed E-state index contributed by atoms with van der Waals surface area (Å²) in [7, 11) is -4.11. The maximum absolute atomic E-state index is 13.2. The molecule has 0 fully saturated rings. The number of benzene rings is 1. The Morgan fingerprint density at radius 1 is 1.00 bits per heavy atom. The van der Waals surface area contributed by atoms with Crippen molar-refractivity contribution in [3.8, 4) is 11.3 Å². The summed E-state index contributed by atoms with van der Waals surface area (Å²) in [5, 5.41) is -0.324. The standard InChI is InChI=1S/C11H6F2N.C5H5NO3S.Ir/c12-8-4-5-9(10(13)7-8)11-3-1-2-6-14-11;7-10(8,9)5-3-1-2-4-6-5;/h1-4,6-7H;1-4H,(H,7,8,9);/q-1;;. The van der Waals surface area contributed by atoms with Crippen molar-refractivity contribution < 1.29 is 41.9 Å². The summed E-state index contributed by atoms with van der Waals surface area (Å²) >= 11 is 0. The average molecular weight is 542 g/mol. The Morgan fingerprint density at radius 2 is 1.64 bits per heavy atom. The number of aromatic nitrogens is 2. The molecule has 133 valence electrons. The van der Waals surface area contributed by atoms with E-state index >= 15 is 0 Å². The van der Waals surface area contributed by atoms with Crippen molar-refractivity contribution in [1.29, 1.82) is 0 Å². The van der Waals surface area contributed by atoms with Crippen LogP contribution in [0.1, 0.15) is 0 Å². The Hall–Kier alpha value is -2.06. The van der Waals surface area contributed by atoms with Crippen molar-refractivity contribution in [2.45, 2.75) is 5.03 Å². The zero-order valence-corrected chi connectivity index (χ0v) is 15.6. The third-order valence-corrected chi connectivity index (χ3v) is 3.45. The predicted molar refractivity (Wildman–Crippen MR) is 82.5 cm³/mol. The van der Waals surface area contributed by atoms with E-state index in [0.717, 1.165) is 12.1 Å². The van der Waals surface area contributed by atoms with E-state index in [9.17, 15) is 17.2 Å². The number of rotatable bonds is 2. The van der Waals surface area contributed by atoms with Gasteiger partial charge in [-0.1, -0.05) is 29.8 Å². The molecule has 25 heavy (non-hydrogen) atoms. The van der Waals surface area contributed by atoms with Gasteiger partial charge in [0.1, 0.15) is 0 Å². The van der Waals surface area contributed by atoms with Crippen molar-refractivity contribution in [2.75, 3.05) is 0 Å². The van der Waals surface area contributed by atoms with Gasteiger partial charge in [-0.3, -0.25) is 13.3 Å². The van der Waals surface area contributed by atoms with E-state index in [-0.39, 0.29) is 30.7 Å². The fraction of sp³-hybridized carbons (Fsp3) is 0. The summed E-state index contributed by atoms with van der Waals surface area (Å²) in [6.45, 7) is 0. The van der Waals surface area contributed by atoms with Crippen molar-refractivity contribution in [3.63, 3.8) is 0 Å². The van der Waals surface area contributed by atoms with Crippen LogP contribution in [0.4, 0.5) is 8.78 Å². The van der Waals surface area contributed by atoms with Crippen LogP contribution in [0.3, 0.4) is 0 Å². The molecule has 1 N–H and O–H groups in total. The van der Waals surface area contributed by atoms with Crippen LogP contribution in [-0.4, -0.2) is 22.9 Å². The van der Waals surface area contributed by atoms with Gasteiger partial charge in [-0.25, -0.2) is 4.98 Å². The molecule has 3 aromatic rings. The Balaban J connectivity index is 0.000000254. The molecule has 0 aliphatic heterocycles. The molecule has 5 nitrogen and oxygen atoms in total. The first kappa shape index (κ1) is 21.0. The minimum Gasteiger partial charge on any atom is -0.305 e. The van der Waals surface area contributed by atoms with Gasteiger partial charge in [0.25, 0.3) is 0 Å². The first-order valence-corrected chi connectivity index (χ1v) is 7.98. The number of pyridine rings is 2. The molecule has 0 atom stereocenters. The number of halogens is 2. The molecule has 3 rings (SSSR count). The number of hydrogen-bond donors (Lipinski definition) is 1. The molecular weight excluding hydrogens is 530 g/mol. The van der Waals surface area contributed by atoms with E-state index in [2.05, 4.69) is 16.0 Å². The van der Waals surface area contributed by atoms with Crippen molar-refractivity contribution in [2.24, 2.45) is 0 Å². The molecule has 0 saturated heterocycles. The second kappa shape index (κ2) is 9.43. The van der Waals surface area contributed by atoms with Crippen LogP contribution in [0.25, 0.3) is 11.3 Å². The summed E-state index contributed by atoms with van der Waals surface area (Å²) < 4.78 is 54.8. The second-order valence-electron chi connectivity index (χ2n) is 4.40. The molecule has 0 saturated carbocycles. The maximum Gasteiger partial charge on any atom is 0.312 e. The first-order chi connectivity index (χ1) is 11.4. The largest absolute Gasteiger partial charge is 0.312 e. The summed E-state index contributed by atoms with van der Waals surface area (Å²) in [6.07, 6.45) is 2.84. The molecule has 0 aliphatic carbocycles. The van der Waals surface area contributed by atoms with Crippen molar-refractivity contribution in [3.05, 3.63) is 78.6 Å². The van der Waals surface area contributed by atoms with Gasteiger partial charge in [0.15, 0.2) is 5.03 Å². The van der Waals surface area contributed by atoms with E-state index < -0.39 is 21.8 Å². The van der Waals surface area contributed by atoms with E-state index in [1.54, 1.807) is 30.5 Å². The predicted octanol–water partition coefficient (Wildman–Crippen LogP) is 3.15. The third kappa shape index (κ3) is 6.39. The molecule has 0 aliphatic rings. The SMILES string of the molecule is Fc1c[c-]c(-c2ccccn2)c(F)c1.O=S(=O)(O)c1ccccn1.[Ir]. The average Bonchev–Trinajstić information content (AvgIpc) is 2.56. The summed E-state index contributed by atoms with van der Waals surface area (Å²) in [5.41, 5.74) is 0.636. The minimum atomic E-state index is -4.11. The van der Waals surface area contributed by atoms with Crippen LogP contribution < -0.4 is 0 Å². The van der Waals surface area contributed by atoms with E-state index in [1.165, 1.54) is 18.3 Å². The summed E-state index contributed by atoms with van der Waals surface area (Å²) in [5.74, 6) is -1.29. The smallest absolute Gasteiger partial charge is 0.305 e. The quantitative estimate of drug-likeness (QED) is 0.399. The van der Waals surface area contributed by atoms with Crippen LogP contribution in [0.5, 0.6) is 0 Å². The second-order valence-corrected chi connectivity index (χ2v) is 5.77. The molecular formula is C16H11F2IrN2O3S-. The molecule has 0 unspecified atom stereocenters. The Labute approximate surface area is 156 Å². The van der Waals surface area contributed by atoms with Gasteiger partial charge >= 0.3 is 10.1 Å². The molecule has 2 aromatic heterocycles. The van der Waals surface area contributed by atoms with Gasteiger partial charge < -0.3 is 4.98 Å². The minimum absolute atomic E-state index is 0. The normalized spacial score (nSPS) is 10.2. The molecule has 2 heterocycles. The summed E-state index contributed by atoms with van der Waals surface area (Å²) in [6, 6.07) is 13.8. The molecule has 0 spiro atoms. The number of nitrogens with zero attached hydrogens (tertiary/aromatic N) is 2. The van der Waals surface area contributed by atoms with Gasteiger partial charge in [0.05, 0.1) is 0 Å². The molecule has 1 radical (unpaired) electrons. The topological polar surface area (TPSA) is 80.2 Å². The fourth-order valence-corrected chi connectivity index (χ4v) is 2.10. The fourth-order valence-electron chi connectivity index (χ4n) is 1.65. The maximum atomic E-state index is 13.2. The van der Waals surface area contributed by atoms with Crippen molar-refractivity contribution >= 4 is 10.1 Å². The van der Waals surface area contributed by atoms with Crippen molar-refractivity contribution in [1.82, 2.24) is 9.97 Å². The van der Waals surface area contributed by atoms with Crippen LogP contribution in [-0.2, 0) is 30.2 Å². The molecule has 0 amide bonds. The number of hydrogen-bond acceptors (Lipinski definition) is 4. The summed E-state index contributed by atoms with van der Waals surface area (Å²) in [4.78, 5) is 7.36. The van der Waals surface area contributed by atoms with Gasteiger partial charge in [-0.15, -0.1) is 12.1 Å². The molecule has 9 heteroatoms. The van der Waals surface area contributed by atoms with E-state index in [4.69, 9.17) is 4.55 Å². The zero-order chi connectivity index (χ0) is 17.6. The van der Waals surface area contributed by atoms with Gasteiger partial charge in [0, 0.05) is 44.1 Å². The van der Waals surface area contributed by atoms with E-state index in [1.807, 2.05) is 0 Å². The van der Waals surface area contributed by atoms with Gasteiger partial charge in [-0.05, 0) is 23.9 Å². The Kier molecular flexibility index (Phi) is 7.91. The van der Waals surface area contributed by atoms with Crippen LogP contribution in [0.2, 0.25) is 0 Å². The molecule has 1 aromatic carbocycles. The van der Waals surface area contributed by atoms with Gasteiger partial charge in [0.2, 0.25) is 0 Å². The monoisotopic (exact) mass is 542 g/mol. The van der Waals surface area contributed by atoms with Crippen LogP contribution in [0.15, 0.2) is 66.0 Å². The third-order valence-electron chi connectivity index (χ3n) is 2.68. The van der Waals surface area contributed by atoms with Crippen LogP contribution in [0, 0.1) is 17.7 Å².